The van der Waals surface area contributed by atoms with Crippen molar-refractivity contribution in [2.75, 3.05) is 19.8 Å². The Balaban J connectivity index is 1.56. The maximum atomic E-state index is 12.9. The van der Waals surface area contributed by atoms with Crippen LogP contribution in [-0.4, -0.2) is 39.7 Å². The van der Waals surface area contributed by atoms with Gasteiger partial charge in [-0.3, -0.25) is 14.2 Å². The summed E-state index contributed by atoms with van der Waals surface area (Å²) in [6.07, 6.45) is 6.93. The van der Waals surface area contributed by atoms with Crippen LogP contribution >= 0.6 is 0 Å². The lowest BCUT2D eigenvalue weighted by atomic mass is 10.0. The Morgan fingerprint density at radius 1 is 1.10 bits per heavy atom. The fraction of sp³-hybridized carbons (Fsp3) is 0.409. The Morgan fingerprint density at radius 2 is 1.87 bits per heavy atom. The minimum Gasteiger partial charge on any atom is -0.490 e. The van der Waals surface area contributed by atoms with Gasteiger partial charge in [0.2, 0.25) is 5.91 Å². The molecule has 8 heteroatoms. The van der Waals surface area contributed by atoms with Crippen molar-refractivity contribution in [3.63, 3.8) is 0 Å². The maximum Gasteiger partial charge on any atom is 0.330 e. The first kappa shape index (κ1) is 20.0. The Hall–Kier alpha value is -3.29. The van der Waals surface area contributed by atoms with Crippen molar-refractivity contribution in [3.05, 3.63) is 62.4 Å². The number of hydrogen-bond donors (Lipinski definition) is 0. The molecular formula is C22H25N3O5. The first-order valence-corrected chi connectivity index (χ1v) is 10.1. The van der Waals surface area contributed by atoms with Crippen LogP contribution in [0.1, 0.15) is 36.4 Å². The van der Waals surface area contributed by atoms with E-state index in [1.54, 1.807) is 7.05 Å². The van der Waals surface area contributed by atoms with Crippen molar-refractivity contribution >= 4 is 12.0 Å². The quantitative estimate of drug-likeness (QED) is 0.717. The fourth-order valence-electron chi connectivity index (χ4n) is 3.97. The number of carbonyl (C=O) groups excluding carboxylic acids is 1. The van der Waals surface area contributed by atoms with Crippen LogP contribution in [0.4, 0.5) is 0 Å². The van der Waals surface area contributed by atoms with Gasteiger partial charge in [0.25, 0.3) is 5.56 Å². The van der Waals surface area contributed by atoms with Gasteiger partial charge in [0, 0.05) is 39.3 Å². The molecule has 1 unspecified atom stereocenters. The predicted octanol–water partition coefficient (Wildman–Crippen LogP) is 1.62. The van der Waals surface area contributed by atoms with Gasteiger partial charge in [0.05, 0.1) is 24.8 Å². The van der Waals surface area contributed by atoms with Gasteiger partial charge >= 0.3 is 5.69 Å². The van der Waals surface area contributed by atoms with Gasteiger partial charge in [0.1, 0.15) is 0 Å². The van der Waals surface area contributed by atoms with E-state index in [-0.39, 0.29) is 11.9 Å². The van der Waals surface area contributed by atoms with Gasteiger partial charge in [-0.15, -0.1) is 0 Å². The molecule has 1 saturated heterocycles. The normalized spacial score (nSPS) is 18.6. The molecule has 0 bridgehead atoms. The topological polar surface area (TPSA) is 82.8 Å². The highest BCUT2D eigenvalue weighted by atomic mass is 16.5. The van der Waals surface area contributed by atoms with E-state index in [9.17, 15) is 14.4 Å². The fourth-order valence-corrected chi connectivity index (χ4v) is 3.97. The lowest BCUT2D eigenvalue weighted by Gasteiger charge is -2.24. The minimum absolute atomic E-state index is 0.0535. The third-order valence-corrected chi connectivity index (χ3v) is 5.57. The molecule has 3 heterocycles. The van der Waals surface area contributed by atoms with E-state index in [1.165, 1.54) is 30.0 Å². The molecule has 0 aliphatic carbocycles. The number of aromatic nitrogens is 2. The highest BCUT2D eigenvalue weighted by Crippen LogP contribution is 2.38. The second-order valence-corrected chi connectivity index (χ2v) is 7.62. The molecular weight excluding hydrogens is 386 g/mol. The van der Waals surface area contributed by atoms with Gasteiger partial charge in [-0.25, -0.2) is 4.79 Å². The van der Waals surface area contributed by atoms with Crippen LogP contribution < -0.4 is 20.7 Å². The summed E-state index contributed by atoms with van der Waals surface area (Å²) in [4.78, 5) is 38.8. The number of ether oxygens (including phenoxy) is 2. The largest absolute Gasteiger partial charge is 0.490 e. The summed E-state index contributed by atoms with van der Waals surface area (Å²) in [6.45, 7) is 1.89. The number of nitrogens with zero attached hydrogens (tertiary/aromatic N) is 3. The number of fused-ring (bicyclic) bond motifs is 1. The predicted molar refractivity (Wildman–Crippen MR) is 112 cm³/mol. The van der Waals surface area contributed by atoms with E-state index in [0.29, 0.717) is 31.1 Å². The molecule has 158 valence electrons. The van der Waals surface area contributed by atoms with Crippen molar-refractivity contribution in [2.45, 2.75) is 25.3 Å². The van der Waals surface area contributed by atoms with Crippen LogP contribution in [0.2, 0.25) is 0 Å². The van der Waals surface area contributed by atoms with Gasteiger partial charge in [-0.1, -0.05) is 6.07 Å². The third kappa shape index (κ3) is 3.77. The second-order valence-electron chi connectivity index (χ2n) is 7.62. The summed E-state index contributed by atoms with van der Waals surface area (Å²) >= 11 is 0. The molecule has 8 nitrogen and oxygen atoms in total. The average Bonchev–Trinajstić information content (AvgIpc) is 3.12. The van der Waals surface area contributed by atoms with E-state index in [1.807, 2.05) is 23.1 Å². The molecule has 1 amide bonds. The summed E-state index contributed by atoms with van der Waals surface area (Å²) < 4.78 is 13.8. The summed E-state index contributed by atoms with van der Waals surface area (Å²) in [7, 11) is 2.99. The lowest BCUT2D eigenvalue weighted by Crippen LogP contribution is -2.37. The molecule has 2 aromatic rings. The standard InChI is InChI=1S/C22H25N3O5/c1-23-14-16(21(27)24(2)22(23)28)7-9-20(26)25-10-3-5-17(25)15-6-8-18-19(13-15)30-12-4-11-29-18/h6-9,13-14,17H,3-5,10-12H2,1-2H3/b9-7+. The summed E-state index contributed by atoms with van der Waals surface area (Å²) in [5, 5.41) is 0. The Bertz CT molecular complexity index is 1110. The van der Waals surface area contributed by atoms with Gasteiger partial charge in [0.15, 0.2) is 11.5 Å². The van der Waals surface area contributed by atoms with Crippen LogP contribution in [0, 0.1) is 0 Å². The van der Waals surface area contributed by atoms with E-state index in [0.717, 1.165) is 35.1 Å². The number of hydrogen-bond acceptors (Lipinski definition) is 5. The van der Waals surface area contributed by atoms with E-state index in [4.69, 9.17) is 9.47 Å². The Labute approximate surface area is 173 Å². The van der Waals surface area contributed by atoms with Gasteiger partial charge in [-0.2, -0.15) is 0 Å². The zero-order chi connectivity index (χ0) is 21.3. The Kier molecular flexibility index (Phi) is 5.48. The highest BCUT2D eigenvalue weighted by molar-refractivity contribution is 5.92. The SMILES string of the molecule is Cn1cc(/C=C/C(=O)N2CCCC2c2ccc3c(c2)OCCCO3)c(=O)n(C)c1=O. The molecule has 0 spiro atoms. The second kappa shape index (κ2) is 8.22. The highest BCUT2D eigenvalue weighted by Gasteiger charge is 2.29. The Morgan fingerprint density at radius 3 is 2.67 bits per heavy atom. The number of likely N-dealkylation sites (tertiary alicyclic amines) is 1. The number of rotatable bonds is 3. The van der Waals surface area contributed by atoms with Gasteiger partial charge < -0.3 is 18.9 Å². The zero-order valence-electron chi connectivity index (χ0n) is 17.2. The van der Waals surface area contributed by atoms with Crippen LogP contribution in [0.15, 0.2) is 40.1 Å². The van der Waals surface area contributed by atoms with E-state index < -0.39 is 11.2 Å². The van der Waals surface area contributed by atoms with Crippen LogP contribution in [0.5, 0.6) is 11.5 Å². The van der Waals surface area contributed by atoms with E-state index in [2.05, 4.69) is 0 Å². The van der Waals surface area contributed by atoms with Crippen molar-refractivity contribution in [1.82, 2.24) is 14.0 Å². The number of aryl methyl sites for hydroxylation is 1. The monoisotopic (exact) mass is 411 g/mol. The number of carbonyl (C=O) groups is 1. The lowest BCUT2D eigenvalue weighted by molar-refractivity contribution is -0.126. The molecule has 0 N–H and O–H groups in total. The van der Waals surface area contributed by atoms with Crippen molar-refractivity contribution < 1.29 is 14.3 Å². The summed E-state index contributed by atoms with van der Waals surface area (Å²) in [5.74, 6) is 1.28. The van der Waals surface area contributed by atoms with Crippen LogP contribution in [0.25, 0.3) is 6.08 Å². The van der Waals surface area contributed by atoms with Crippen molar-refractivity contribution in [3.8, 4) is 11.5 Å². The van der Waals surface area contributed by atoms with Crippen molar-refractivity contribution in [2.24, 2.45) is 14.1 Å². The molecule has 1 aromatic carbocycles. The summed E-state index contributed by atoms with van der Waals surface area (Å²) in [5.41, 5.74) is 0.469. The molecule has 2 aliphatic heterocycles. The van der Waals surface area contributed by atoms with Crippen molar-refractivity contribution in [1.29, 1.82) is 0 Å². The number of amides is 1. The molecule has 30 heavy (non-hydrogen) atoms. The molecule has 2 aliphatic rings. The molecule has 4 rings (SSSR count). The summed E-state index contributed by atoms with van der Waals surface area (Å²) in [6, 6.07) is 5.79. The first-order valence-electron chi connectivity index (χ1n) is 10.1. The smallest absolute Gasteiger partial charge is 0.330 e. The molecule has 1 fully saturated rings. The van der Waals surface area contributed by atoms with Gasteiger partial charge in [-0.05, 0) is 36.6 Å². The third-order valence-electron chi connectivity index (χ3n) is 5.57. The van der Waals surface area contributed by atoms with Crippen LogP contribution in [-0.2, 0) is 18.9 Å². The molecule has 0 saturated carbocycles. The molecule has 0 radical (unpaired) electrons. The zero-order valence-corrected chi connectivity index (χ0v) is 17.2. The van der Waals surface area contributed by atoms with Crippen LogP contribution in [0.3, 0.4) is 0 Å². The van der Waals surface area contributed by atoms with E-state index >= 15 is 0 Å². The minimum atomic E-state index is -0.428. The first-order chi connectivity index (χ1) is 14.5. The average molecular weight is 411 g/mol. The molecule has 1 aromatic heterocycles. The maximum absolute atomic E-state index is 12.9. The number of benzene rings is 1. The molecule has 1 atom stereocenters.